The molecule has 0 saturated carbocycles. The molecule has 0 atom stereocenters. The third-order valence-electron chi connectivity index (χ3n) is 4.68. The Kier molecular flexibility index (Phi) is 6.64. The number of hydrogen-bond donors (Lipinski definition) is 0. The second kappa shape index (κ2) is 9.57. The number of nitrogens with zero attached hydrogens (tertiary/aromatic N) is 4. The van der Waals surface area contributed by atoms with Gasteiger partial charge in [-0.2, -0.15) is 0 Å². The predicted octanol–water partition coefficient (Wildman–Crippen LogP) is 5.69. The lowest BCUT2D eigenvalue weighted by Crippen LogP contribution is -2.23. The largest absolute Gasteiger partial charge is 0.420 e. The van der Waals surface area contributed by atoms with E-state index in [4.69, 9.17) is 9.40 Å². The summed E-state index contributed by atoms with van der Waals surface area (Å²) in [5.74, 6) is 1.44. The SMILES string of the molecule is CCCCCn1c(SCc2nnc(-c3ccccc3)o2)nc2ccc(Br)cc2c1=O. The van der Waals surface area contributed by atoms with Crippen molar-refractivity contribution in [2.24, 2.45) is 0 Å². The van der Waals surface area contributed by atoms with Gasteiger partial charge < -0.3 is 4.42 Å². The van der Waals surface area contributed by atoms with Gasteiger partial charge in [-0.05, 0) is 36.8 Å². The van der Waals surface area contributed by atoms with Gasteiger partial charge in [0.15, 0.2) is 5.16 Å². The van der Waals surface area contributed by atoms with Crippen LogP contribution in [0.15, 0.2) is 67.4 Å². The van der Waals surface area contributed by atoms with E-state index in [1.165, 1.54) is 11.8 Å². The smallest absolute Gasteiger partial charge is 0.262 e. The Balaban J connectivity index is 1.61. The molecular weight excluding hydrogens is 464 g/mol. The number of hydrogen-bond acceptors (Lipinski definition) is 6. The van der Waals surface area contributed by atoms with Crippen LogP contribution in [0.1, 0.15) is 32.1 Å². The van der Waals surface area contributed by atoms with Crippen LogP contribution in [-0.4, -0.2) is 19.7 Å². The molecule has 8 heteroatoms. The standard InChI is InChI=1S/C22H21BrN4O2S/c1-2-3-7-12-27-21(28)17-13-16(23)10-11-18(17)24-22(27)30-14-19-25-26-20(29-19)15-8-5-4-6-9-15/h4-6,8-11,13H,2-3,7,12,14H2,1H3. The van der Waals surface area contributed by atoms with Gasteiger partial charge in [-0.3, -0.25) is 9.36 Å². The molecule has 154 valence electrons. The normalized spacial score (nSPS) is 11.3. The first-order valence-corrected chi connectivity index (χ1v) is 11.6. The maximum absolute atomic E-state index is 13.1. The van der Waals surface area contributed by atoms with E-state index in [-0.39, 0.29) is 5.56 Å². The molecule has 0 aliphatic carbocycles. The third-order valence-corrected chi connectivity index (χ3v) is 6.13. The molecule has 0 radical (unpaired) electrons. The minimum Gasteiger partial charge on any atom is -0.420 e. The van der Waals surface area contributed by atoms with E-state index in [1.807, 2.05) is 48.5 Å². The van der Waals surface area contributed by atoms with Crippen molar-refractivity contribution in [2.45, 2.75) is 43.6 Å². The van der Waals surface area contributed by atoms with E-state index >= 15 is 0 Å². The van der Waals surface area contributed by atoms with Gasteiger partial charge in [0.25, 0.3) is 5.56 Å². The molecule has 0 amide bonds. The van der Waals surface area contributed by atoms with Crippen LogP contribution >= 0.6 is 27.7 Å². The molecule has 4 aromatic rings. The van der Waals surface area contributed by atoms with Gasteiger partial charge in [-0.25, -0.2) is 4.98 Å². The quantitative estimate of drug-likeness (QED) is 0.181. The minimum atomic E-state index is -0.0181. The molecule has 2 aromatic carbocycles. The summed E-state index contributed by atoms with van der Waals surface area (Å²) in [6.45, 7) is 2.79. The molecule has 0 spiro atoms. The summed E-state index contributed by atoms with van der Waals surface area (Å²) >= 11 is 4.89. The molecule has 6 nitrogen and oxygen atoms in total. The molecule has 4 rings (SSSR count). The lowest BCUT2D eigenvalue weighted by molar-refractivity contribution is 0.525. The van der Waals surface area contributed by atoms with Crippen molar-refractivity contribution < 1.29 is 4.42 Å². The summed E-state index contributed by atoms with van der Waals surface area (Å²) in [5.41, 5.74) is 1.55. The first kappa shape index (κ1) is 20.8. The summed E-state index contributed by atoms with van der Waals surface area (Å²) in [7, 11) is 0. The Morgan fingerprint density at radius 3 is 2.73 bits per heavy atom. The van der Waals surface area contributed by atoms with Crippen LogP contribution in [0.25, 0.3) is 22.4 Å². The molecule has 0 fully saturated rings. The van der Waals surface area contributed by atoms with Gasteiger partial charge in [-0.15, -0.1) is 10.2 Å². The number of thioether (sulfide) groups is 1. The lowest BCUT2D eigenvalue weighted by atomic mass is 10.2. The highest BCUT2D eigenvalue weighted by molar-refractivity contribution is 9.10. The lowest BCUT2D eigenvalue weighted by Gasteiger charge is -2.12. The number of fused-ring (bicyclic) bond motifs is 1. The highest BCUT2D eigenvalue weighted by Crippen LogP contribution is 2.25. The Labute approximate surface area is 186 Å². The zero-order valence-electron chi connectivity index (χ0n) is 16.5. The van der Waals surface area contributed by atoms with Crippen LogP contribution in [0.3, 0.4) is 0 Å². The Morgan fingerprint density at radius 2 is 1.93 bits per heavy atom. The molecule has 30 heavy (non-hydrogen) atoms. The van der Waals surface area contributed by atoms with Gasteiger partial charge >= 0.3 is 0 Å². The molecule has 0 aliphatic rings. The number of aromatic nitrogens is 4. The highest BCUT2D eigenvalue weighted by atomic mass is 79.9. The second-order valence-electron chi connectivity index (χ2n) is 6.88. The van der Waals surface area contributed by atoms with Gasteiger partial charge in [0, 0.05) is 16.6 Å². The zero-order valence-corrected chi connectivity index (χ0v) is 18.9. The van der Waals surface area contributed by atoms with Crippen LogP contribution < -0.4 is 5.56 Å². The molecule has 2 aromatic heterocycles. The van der Waals surface area contributed by atoms with Gasteiger partial charge in [0.1, 0.15) is 0 Å². The van der Waals surface area contributed by atoms with Crippen molar-refractivity contribution in [3.63, 3.8) is 0 Å². The van der Waals surface area contributed by atoms with Crippen LogP contribution in [-0.2, 0) is 12.3 Å². The summed E-state index contributed by atoms with van der Waals surface area (Å²) < 4.78 is 8.44. The number of halogens is 1. The Morgan fingerprint density at radius 1 is 1.10 bits per heavy atom. The van der Waals surface area contributed by atoms with Crippen molar-refractivity contribution >= 4 is 38.6 Å². The Bertz CT molecular complexity index is 1210. The van der Waals surface area contributed by atoms with Gasteiger partial charge in [0.2, 0.25) is 11.8 Å². The van der Waals surface area contributed by atoms with E-state index in [0.717, 1.165) is 29.3 Å². The highest BCUT2D eigenvalue weighted by Gasteiger charge is 2.14. The van der Waals surface area contributed by atoms with Crippen LogP contribution in [0.2, 0.25) is 0 Å². The molecular formula is C22H21BrN4O2S. The van der Waals surface area contributed by atoms with Crippen molar-refractivity contribution in [1.82, 2.24) is 19.7 Å². The first-order chi connectivity index (χ1) is 14.7. The van der Waals surface area contributed by atoms with E-state index in [9.17, 15) is 4.79 Å². The van der Waals surface area contributed by atoms with Gasteiger partial charge in [-0.1, -0.05) is 65.7 Å². The van der Waals surface area contributed by atoms with E-state index < -0.39 is 0 Å². The molecule has 0 unspecified atom stereocenters. The van der Waals surface area contributed by atoms with Crippen LogP contribution in [0, 0.1) is 0 Å². The van der Waals surface area contributed by atoms with Crippen molar-refractivity contribution in [2.75, 3.05) is 0 Å². The summed E-state index contributed by atoms with van der Waals surface area (Å²) in [6.07, 6.45) is 3.09. The monoisotopic (exact) mass is 484 g/mol. The van der Waals surface area contributed by atoms with E-state index in [1.54, 1.807) is 4.57 Å². The number of rotatable bonds is 8. The first-order valence-electron chi connectivity index (χ1n) is 9.86. The van der Waals surface area contributed by atoms with Crippen molar-refractivity contribution in [1.29, 1.82) is 0 Å². The number of unbranched alkanes of at least 4 members (excludes halogenated alkanes) is 2. The maximum Gasteiger partial charge on any atom is 0.262 e. The molecule has 0 saturated heterocycles. The van der Waals surface area contributed by atoms with E-state index in [2.05, 4.69) is 33.1 Å². The zero-order chi connectivity index (χ0) is 20.9. The topological polar surface area (TPSA) is 73.8 Å². The third kappa shape index (κ3) is 4.65. The fourth-order valence-corrected chi connectivity index (χ4v) is 4.36. The second-order valence-corrected chi connectivity index (χ2v) is 8.73. The van der Waals surface area contributed by atoms with Crippen molar-refractivity contribution in [3.8, 4) is 11.5 Å². The molecule has 0 N–H and O–H groups in total. The van der Waals surface area contributed by atoms with Crippen LogP contribution in [0.4, 0.5) is 0 Å². The fraction of sp³-hybridized carbons (Fsp3) is 0.273. The van der Waals surface area contributed by atoms with E-state index in [0.29, 0.717) is 40.1 Å². The summed E-state index contributed by atoms with van der Waals surface area (Å²) in [4.78, 5) is 17.9. The summed E-state index contributed by atoms with van der Waals surface area (Å²) in [5, 5.41) is 9.58. The van der Waals surface area contributed by atoms with Crippen LogP contribution in [0.5, 0.6) is 0 Å². The minimum absolute atomic E-state index is 0.0181. The van der Waals surface area contributed by atoms with Crippen molar-refractivity contribution in [3.05, 3.63) is 69.2 Å². The number of benzene rings is 2. The fourth-order valence-electron chi connectivity index (χ4n) is 3.14. The predicted molar refractivity (Wildman–Crippen MR) is 123 cm³/mol. The molecule has 0 aliphatic heterocycles. The summed E-state index contributed by atoms with van der Waals surface area (Å²) in [6, 6.07) is 15.3. The molecule has 0 bridgehead atoms. The van der Waals surface area contributed by atoms with Gasteiger partial charge in [0.05, 0.1) is 16.7 Å². The maximum atomic E-state index is 13.1. The Hall–Kier alpha value is -2.45. The molecule has 2 heterocycles. The average molecular weight is 485 g/mol. The average Bonchev–Trinajstić information content (AvgIpc) is 3.24.